The summed E-state index contributed by atoms with van der Waals surface area (Å²) < 4.78 is 8.14. The molecule has 0 radical (unpaired) electrons. The molecule has 3 fully saturated rings. The molecule has 3 saturated heterocycles. The molecule has 4 aliphatic rings. The van der Waals surface area contributed by atoms with Crippen molar-refractivity contribution in [3.63, 3.8) is 0 Å². The van der Waals surface area contributed by atoms with Crippen molar-refractivity contribution in [1.29, 1.82) is 0 Å². The van der Waals surface area contributed by atoms with E-state index < -0.39 is 0 Å². The van der Waals surface area contributed by atoms with Crippen LogP contribution in [0, 0.1) is 0 Å². The van der Waals surface area contributed by atoms with Gasteiger partial charge in [-0.05, 0) is 112 Å². The highest BCUT2D eigenvalue weighted by Crippen LogP contribution is 2.47. The fourth-order valence-corrected chi connectivity index (χ4v) is 8.22. The average molecular weight is 541 g/mol. The van der Waals surface area contributed by atoms with Crippen LogP contribution in [0.4, 0.5) is 11.9 Å². The number of hydrogen-bond acceptors (Lipinski definition) is 7. The Bertz CT molecular complexity index is 1040. The second kappa shape index (κ2) is 10.6. The number of nitrogens with one attached hydrogen (secondary N) is 1. The second-order valence-electron chi connectivity index (χ2n) is 15.0. The highest BCUT2D eigenvalue weighted by Gasteiger charge is 2.50. The number of piperidine rings is 2. The molecule has 0 saturated carbocycles. The number of ether oxygens (including phenoxy) is 1. The summed E-state index contributed by atoms with van der Waals surface area (Å²) in [7, 11) is 0. The molecule has 2 unspecified atom stereocenters. The SMILES string of the molecule is CC1(C)CC([N+]2=CCCCCCN3C(C)(C)CCC(c4nc(N5CCOCC5)nc2n4)C3(C)C)CC(C)(C)N1. The first-order valence-corrected chi connectivity index (χ1v) is 15.5. The molecule has 0 aromatic carbocycles. The van der Waals surface area contributed by atoms with Crippen molar-refractivity contribution in [3.8, 4) is 0 Å². The van der Waals surface area contributed by atoms with Crippen molar-refractivity contribution in [2.75, 3.05) is 37.7 Å². The van der Waals surface area contributed by atoms with Crippen molar-refractivity contribution in [2.45, 2.75) is 141 Å². The molecule has 8 nitrogen and oxygen atoms in total. The molecule has 4 aliphatic heterocycles. The maximum absolute atomic E-state index is 5.69. The highest BCUT2D eigenvalue weighted by atomic mass is 16.5. The lowest BCUT2D eigenvalue weighted by Crippen LogP contribution is -2.62. The molecule has 0 spiro atoms. The van der Waals surface area contributed by atoms with Gasteiger partial charge in [-0.3, -0.25) is 4.90 Å². The van der Waals surface area contributed by atoms with Gasteiger partial charge in [0, 0.05) is 41.5 Å². The quantitative estimate of drug-likeness (QED) is 0.527. The predicted molar refractivity (Wildman–Crippen MR) is 158 cm³/mol. The normalized spacial score (nSPS) is 30.9. The predicted octanol–water partition coefficient (Wildman–Crippen LogP) is 5.04. The maximum Gasteiger partial charge on any atom is 0.438 e. The van der Waals surface area contributed by atoms with Crippen LogP contribution in [0.3, 0.4) is 0 Å². The Labute approximate surface area is 237 Å². The number of anilines is 1. The Kier molecular flexibility index (Phi) is 7.88. The molecule has 4 bridgehead atoms. The van der Waals surface area contributed by atoms with Crippen molar-refractivity contribution >= 4 is 18.1 Å². The third-order valence-corrected chi connectivity index (χ3v) is 9.76. The Balaban J connectivity index is 1.64. The van der Waals surface area contributed by atoms with Crippen molar-refractivity contribution in [2.24, 2.45) is 0 Å². The number of hydrogen-bond donors (Lipinski definition) is 1. The van der Waals surface area contributed by atoms with Crippen LogP contribution in [-0.2, 0) is 4.74 Å². The van der Waals surface area contributed by atoms with Crippen LogP contribution in [0.15, 0.2) is 0 Å². The van der Waals surface area contributed by atoms with Crippen molar-refractivity contribution < 1.29 is 9.31 Å². The number of fused-ring (bicyclic) bond motifs is 5. The van der Waals surface area contributed by atoms with E-state index in [4.69, 9.17) is 19.7 Å². The third kappa shape index (κ3) is 6.18. The molecule has 0 aliphatic carbocycles. The first kappa shape index (κ1) is 28.9. The van der Waals surface area contributed by atoms with Gasteiger partial charge in [0.15, 0.2) is 0 Å². The number of morpholine rings is 1. The van der Waals surface area contributed by atoms with E-state index in [9.17, 15) is 0 Å². The zero-order chi connectivity index (χ0) is 28.1. The molecule has 8 heteroatoms. The molecule has 218 valence electrons. The van der Waals surface area contributed by atoms with Gasteiger partial charge in [-0.15, -0.1) is 0 Å². The summed E-state index contributed by atoms with van der Waals surface area (Å²) >= 11 is 0. The Morgan fingerprint density at radius 2 is 1.56 bits per heavy atom. The van der Waals surface area contributed by atoms with Crippen molar-refractivity contribution in [1.82, 2.24) is 25.2 Å². The second-order valence-corrected chi connectivity index (χ2v) is 15.0. The lowest BCUT2D eigenvalue weighted by atomic mass is 9.71. The van der Waals surface area contributed by atoms with Crippen LogP contribution in [0.25, 0.3) is 0 Å². The molecule has 1 N–H and O–H groups in total. The fraction of sp³-hybridized carbons (Fsp3) is 0.871. The van der Waals surface area contributed by atoms with Crippen LogP contribution in [0.5, 0.6) is 0 Å². The zero-order valence-electron chi connectivity index (χ0n) is 26.0. The number of nitrogens with zero attached hydrogens (tertiary/aromatic N) is 6. The molecule has 1 aromatic rings. The lowest BCUT2D eigenvalue weighted by Gasteiger charge is -2.56. The van der Waals surface area contributed by atoms with E-state index in [1.807, 2.05) is 0 Å². The van der Waals surface area contributed by atoms with Gasteiger partial charge >= 0.3 is 11.9 Å². The number of aromatic nitrogens is 3. The molecule has 1 aromatic heterocycles. The first-order valence-electron chi connectivity index (χ1n) is 15.5. The summed E-state index contributed by atoms with van der Waals surface area (Å²) in [5.74, 6) is 2.89. The Hall–Kier alpha value is -1.64. The topological polar surface area (TPSA) is 69.4 Å². The summed E-state index contributed by atoms with van der Waals surface area (Å²) in [4.78, 5) is 20.9. The molecular formula is C31H54N7O+. The minimum Gasteiger partial charge on any atom is -0.378 e. The van der Waals surface area contributed by atoms with Crippen LogP contribution < -0.4 is 10.2 Å². The van der Waals surface area contributed by atoms with Gasteiger partial charge in [0.1, 0.15) is 0 Å². The van der Waals surface area contributed by atoms with Gasteiger partial charge < -0.3 is 15.0 Å². The summed E-state index contributed by atoms with van der Waals surface area (Å²) in [6.45, 7) is 23.3. The molecule has 5 heterocycles. The molecule has 5 rings (SSSR count). The lowest BCUT2D eigenvalue weighted by molar-refractivity contribution is -0.498. The summed E-state index contributed by atoms with van der Waals surface area (Å²) in [5.41, 5.74) is 0.223. The van der Waals surface area contributed by atoms with E-state index in [2.05, 4.69) is 81.3 Å². The Morgan fingerprint density at radius 1 is 0.872 bits per heavy atom. The van der Waals surface area contributed by atoms with E-state index in [1.54, 1.807) is 0 Å². The smallest absolute Gasteiger partial charge is 0.378 e. The van der Waals surface area contributed by atoms with Gasteiger partial charge in [0.2, 0.25) is 5.82 Å². The summed E-state index contributed by atoms with van der Waals surface area (Å²) in [5, 5.41) is 3.87. The highest BCUT2D eigenvalue weighted by molar-refractivity contribution is 5.53. The monoisotopic (exact) mass is 540 g/mol. The molecule has 0 amide bonds. The summed E-state index contributed by atoms with van der Waals surface area (Å²) in [6.07, 6.45) is 11.5. The van der Waals surface area contributed by atoms with Crippen LogP contribution in [0.1, 0.15) is 118 Å². The molecule has 39 heavy (non-hydrogen) atoms. The third-order valence-electron chi connectivity index (χ3n) is 9.76. The summed E-state index contributed by atoms with van der Waals surface area (Å²) in [6, 6.07) is 0.337. The maximum atomic E-state index is 5.69. The first-order chi connectivity index (χ1) is 18.3. The van der Waals surface area contributed by atoms with Crippen LogP contribution >= 0.6 is 0 Å². The standard InChI is InChI=1S/C31H54N7O/c1-28(2)21-23(22-29(3,4)35-28)37-15-11-9-10-12-16-38-30(5,6)14-13-24(31(38,7)8)25-32-26(34-27(37)33-25)36-17-19-39-20-18-36/h15,23-24,35H,9-14,16-22H2,1-8H3/q+1. The van der Waals surface area contributed by atoms with E-state index in [0.29, 0.717) is 6.04 Å². The van der Waals surface area contributed by atoms with Gasteiger partial charge in [-0.2, -0.15) is 4.98 Å². The molecular weight excluding hydrogens is 486 g/mol. The average Bonchev–Trinajstić information content (AvgIpc) is 2.83. The zero-order valence-corrected chi connectivity index (χ0v) is 26.0. The van der Waals surface area contributed by atoms with E-state index in [1.165, 1.54) is 19.3 Å². The number of rotatable bonds is 2. The Morgan fingerprint density at radius 3 is 2.26 bits per heavy atom. The van der Waals surface area contributed by atoms with E-state index >= 15 is 0 Å². The van der Waals surface area contributed by atoms with Gasteiger partial charge in [0.05, 0.1) is 25.2 Å². The minimum absolute atomic E-state index is 0.0377. The molecule has 2 atom stereocenters. The largest absolute Gasteiger partial charge is 0.438 e. The van der Waals surface area contributed by atoms with E-state index in [0.717, 1.165) is 82.7 Å². The van der Waals surface area contributed by atoms with Crippen LogP contribution in [-0.4, -0.2) is 91.7 Å². The van der Waals surface area contributed by atoms with Gasteiger partial charge in [-0.1, -0.05) is 11.4 Å². The fourth-order valence-electron chi connectivity index (χ4n) is 8.22. The van der Waals surface area contributed by atoms with E-state index in [-0.39, 0.29) is 28.1 Å². The minimum atomic E-state index is -0.0377. The van der Waals surface area contributed by atoms with Gasteiger partial charge in [0.25, 0.3) is 0 Å². The van der Waals surface area contributed by atoms with Crippen molar-refractivity contribution in [3.05, 3.63) is 5.82 Å². The van der Waals surface area contributed by atoms with Crippen LogP contribution in [0.2, 0.25) is 0 Å². The van der Waals surface area contributed by atoms with Gasteiger partial charge in [-0.25, -0.2) is 4.58 Å².